The van der Waals surface area contributed by atoms with Crippen LogP contribution in [0.1, 0.15) is 85.4 Å². The molecule has 0 atom stereocenters. The third-order valence-electron chi connectivity index (χ3n) is 3.96. The van der Waals surface area contributed by atoms with E-state index in [0.29, 0.717) is 10.5 Å². The summed E-state index contributed by atoms with van der Waals surface area (Å²) in [7, 11) is 0. The molecule has 0 aliphatic heterocycles. The number of hydrogen-bond donors (Lipinski definition) is 1. The van der Waals surface area contributed by atoms with Crippen molar-refractivity contribution in [2.24, 2.45) is 0 Å². The summed E-state index contributed by atoms with van der Waals surface area (Å²) in [5, 5.41) is 10.2. The van der Waals surface area contributed by atoms with Gasteiger partial charge in [-0.3, -0.25) is 0 Å². The first-order chi connectivity index (χ1) is 10.2. The van der Waals surface area contributed by atoms with Crippen molar-refractivity contribution in [3.05, 3.63) is 28.8 Å². The zero-order chi connectivity index (χ0) is 18.1. The van der Waals surface area contributed by atoms with Crippen molar-refractivity contribution >= 4 is 11.8 Å². The highest BCUT2D eigenvalue weighted by atomic mass is 32.2. The maximum absolute atomic E-state index is 10.2. The number of phenolic OH excluding ortho intramolecular Hbond substituents is 1. The fraction of sp³-hybridized carbons (Fsp3) is 0.714. The summed E-state index contributed by atoms with van der Waals surface area (Å²) in [6.07, 6.45) is 2.27. The highest BCUT2D eigenvalue weighted by molar-refractivity contribution is 8.00. The molecule has 0 radical (unpaired) electrons. The molecule has 0 saturated heterocycles. The van der Waals surface area contributed by atoms with Gasteiger partial charge < -0.3 is 5.11 Å². The lowest BCUT2D eigenvalue weighted by molar-refractivity contribution is 0.463. The molecule has 0 saturated carbocycles. The van der Waals surface area contributed by atoms with E-state index >= 15 is 0 Å². The van der Waals surface area contributed by atoms with Crippen molar-refractivity contribution in [1.29, 1.82) is 0 Å². The van der Waals surface area contributed by atoms with Crippen molar-refractivity contribution in [3.63, 3.8) is 0 Å². The van der Waals surface area contributed by atoms with Crippen LogP contribution < -0.4 is 0 Å². The molecule has 1 aromatic rings. The van der Waals surface area contributed by atoms with Crippen LogP contribution >= 0.6 is 11.8 Å². The maximum Gasteiger partial charge on any atom is 0.116 e. The summed E-state index contributed by atoms with van der Waals surface area (Å²) < 4.78 is 0.328. The summed E-state index contributed by atoms with van der Waals surface area (Å²) >= 11 is 2.03. The van der Waals surface area contributed by atoms with Crippen molar-refractivity contribution in [2.75, 3.05) is 5.75 Å². The van der Waals surface area contributed by atoms with E-state index in [4.69, 9.17) is 0 Å². The molecule has 0 spiro atoms. The minimum atomic E-state index is 0.0469. The Hall–Kier alpha value is -0.630. The van der Waals surface area contributed by atoms with Gasteiger partial charge in [0.05, 0.1) is 0 Å². The molecule has 1 rings (SSSR count). The Morgan fingerprint density at radius 2 is 1.26 bits per heavy atom. The second-order valence-electron chi connectivity index (χ2n) is 9.58. The Morgan fingerprint density at radius 1 is 0.826 bits per heavy atom. The van der Waals surface area contributed by atoms with E-state index in [-0.39, 0.29) is 10.8 Å². The van der Waals surface area contributed by atoms with Gasteiger partial charge >= 0.3 is 0 Å². The van der Waals surface area contributed by atoms with E-state index in [0.717, 1.165) is 6.42 Å². The summed E-state index contributed by atoms with van der Waals surface area (Å²) in [4.78, 5) is 0. The zero-order valence-electron chi connectivity index (χ0n) is 16.6. The van der Waals surface area contributed by atoms with Gasteiger partial charge in [-0.1, -0.05) is 62.3 Å². The molecule has 0 aromatic heterocycles. The lowest BCUT2D eigenvalue weighted by Gasteiger charge is -2.30. The van der Waals surface area contributed by atoms with Crippen LogP contribution in [0.4, 0.5) is 0 Å². The van der Waals surface area contributed by atoms with Crippen LogP contribution in [0.15, 0.2) is 12.1 Å². The predicted molar refractivity (Wildman–Crippen MR) is 106 cm³/mol. The van der Waals surface area contributed by atoms with Gasteiger partial charge in [0.15, 0.2) is 0 Å². The Balaban J connectivity index is 3.16. The van der Waals surface area contributed by atoms with Crippen LogP contribution in [-0.4, -0.2) is 15.6 Å². The van der Waals surface area contributed by atoms with Crippen molar-refractivity contribution in [1.82, 2.24) is 0 Å². The predicted octanol–water partition coefficient (Wildman–Crippen LogP) is 6.45. The van der Waals surface area contributed by atoms with Gasteiger partial charge in [0.1, 0.15) is 5.75 Å². The number of thioether (sulfide) groups is 1. The average Bonchev–Trinajstić information content (AvgIpc) is 2.31. The fourth-order valence-corrected chi connectivity index (χ4v) is 3.79. The van der Waals surface area contributed by atoms with Gasteiger partial charge in [0, 0.05) is 4.75 Å². The van der Waals surface area contributed by atoms with Gasteiger partial charge in [-0.2, -0.15) is 11.8 Å². The third-order valence-corrected chi connectivity index (χ3v) is 5.32. The molecule has 0 amide bonds. The van der Waals surface area contributed by atoms with Crippen LogP contribution in [0.25, 0.3) is 0 Å². The van der Waals surface area contributed by atoms with E-state index < -0.39 is 0 Å². The molecule has 0 aliphatic rings. The Labute approximate surface area is 148 Å². The highest BCUT2D eigenvalue weighted by Gasteiger charge is 2.26. The molecule has 1 aromatic carbocycles. The quantitative estimate of drug-likeness (QED) is 0.637. The molecule has 0 aliphatic carbocycles. The number of rotatable bonds is 4. The summed E-state index contributed by atoms with van der Waals surface area (Å²) in [5.74, 6) is 1.57. The number of hydrogen-bond acceptors (Lipinski definition) is 2. The number of phenols is 1. The lowest BCUT2D eigenvalue weighted by Crippen LogP contribution is -2.21. The van der Waals surface area contributed by atoms with Gasteiger partial charge in [-0.05, 0) is 58.2 Å². The Kier molecular flexibility index (Phi) is 6.29. The van der Waals surface area contributed by atoms with Crippen molar-refractivity contribution < 1.29 is 5.11 Å². The molecular formula is C21H36OS. The molecule has 23 heavy (non-hydrogen) atoms. The highest BCUT2D eigenvalue weighted by Crippen LogP contribution is 2.38. The number of benzene rings is 1. The zero-order valence-corrected chi connectivity index (χ0v) is 17.4. The van der Waals surface area contributed by atoms with Crippen molar-refractivity contribution in [3.8, 4) is 5.75 Å². The fourth-order valence-electron chi connectivity index (χ4n) is 2.89. The summed E-state index contributed by atoms with van der Waals surface area (Å²) in [6.45, 7) is 20.3. The molecule has 1 N–H and O–H groups in total. The molecule has 132 valence electrons. The van der Waals surface area contributed by atoms with Crippen LogP contribution in [-0.2, 0) is 17.3 Å². The van der Waals surface area contributed by atoms with Gasteiger partial charge in [0.2, 0.25) is 0 Å². The van der Waals surface area contributed by atoms with Gasteiger partial charge in [-0.25, -0.2) is 0 Å². The van der Waals surface area contributed by atoms with E-state index in [2.05, 4.69) is 62.3 Å². The molecule has 1 nitrogen and oxygen atoms in total. The van der Waals surface area contributed by atoms with Gasteiger partial charge in [-0.15, -0.1) is 0 Å². The molecule has 0 fully saturated rings. The SMILES string of the molecule is CC(C)(C)SCCCc1c(C(C)(C)C)cc(O)cc1C(C)(C)C. The van der Waals surface area contributed by atoms with Crippen LogP contribution in [0.2, 0.25) is 0 Å². The van der Waals surface area contributed by atoms with Gasteiger partial charge in [0.25, 0.3) is 0 Å². The van der Waals surface area contributed by atoms with E-state index in [1.54, 1.807) is 0 Å². The monoisotopic (exact) mass is 336 g/mol. The van der Waals surface area contributed by atoms with Crippen LogP contribution in [0, 0.1) is 0 Å². The van der Waals surface area contributed by atoms with E-state index in [1.165, 1.54) is 28.9 Å². The minimum absolute atomic E-state index is 0.0469. The first-order valence-corrected chi connectivity index (χ1v) is 9.71. The second-order valence-corrected chi connectivity index (χ2v) is 11.5. The normalized spacial score (nSPS) is 13.4. The Bertz CT molecular complexity index is 489. The van der Waals surface area contributed by atoms with Crippen LogP contribution in [0.3, 0.4) is 0 Å². The molecule has 0 bridgehead atoms. The minimum Gasteiger partial charge on any atom is -0.508 e. The van der Waals surface area contributed by atoms with E-state index in [1.807, 2.05) is 23.9 Å². The third kappa shape index (κ3) is 6.41. The maximum atomic E-state index is 10.2. The Morgan fingerprint density at radius 3 is 1.61 bits per heavy atom. The standard InChI is InChI=1S/C21H36OS/c1-19(2,3)17-13-15(22)14-18(20(4,5)6)16(17)11-10-12-23-21(7,8)9/h13-14,22H,10-12H2,1-9H3. The molecule has 2 heteroatoms. The molecule has 0 unspecified atom stereocenters. The summed E-state index contributed by atoms with van der Waals surface area (Å²) in [5.41, 5.74) is 4.12. The molecule has 0 heterocycles. The first-order valence-electron chi connectivity index (χ1n) is 8.72. The second kappa shape index (κ2) is 7.09. The lowest BCUT2D eigenvalue weighted by atomic mass is 9.75. The largest absolute Gasteiger partial charge is 0.508 e. The number of aromatic hydroxyl groups is 1. The average molecular weight is 337 g/mol. The van der Waals surface area contributed by atoms with E-state index in [9.17, 15) is 5.11 Å². The van der Waals surface area contributed by atoms with Crippen LogP contribution in [0.5, 0.6) is 5.75 Å². The topological polar surface area (TPSA) is 20.2 Å². The van der Waals surface area contributed by atoms with Crippen molar-refractivity contribution in [2.45, 2.75) is 90.7 Å². The molecular weight excluding hydrogens is 300 g/mol. The smallest absolute Gasteiger partial charge is 0.116 e. The first kappa shape index (κ1) is 20.4. The summed E-state index contributed by atoms with van der Waals surface area (Å²) in [6, 6.07) is 3.95.